The minimum atomic E-state index is -0.230. The molecule has 6 heteroatoms. The van der Waals surface area contributed by atoms with Crippen molar-refractivity contribution >= 4 is 16.9 Å². The molecule has 1 aromatic carbocycles. The van der Waals surface area contributed by atoms with Gasteiger partial charge in [-0.25, -0.2) is 0 Å². The Morgan fingerprint density at radius 3 is 3.00 bits per heavy atom. The standard InChI is InChI=1S/C16H17N3O3/c20-16(15-12-13-4-1-2-5-14(13)22-15)17-7-10-21-11-9-19-8-3-6-18-19/h1-6,8,12H,7,9-11H2,(H,17,20). The third-order valence-electron chi connectivity index (χ3n) is 3.21. The number of nitrogens with zero attached hydrogens (tertiary/aromatic N) is 2. The zero-order valence-electron chi connectivity index (χ0n) is 12.1. The summed E-state index contributed by atoms with van der Waals surface area (Å²) < 4.78 is 12.7. The van der Waals surface area contributed by atoms with Crippen LogP contribution in [0.1, 0.15) is 10.6 Å². The fourth-order valence-corrected chi connectivity index (χ4v) is 2.11. The van der Waals surface area contributed by atoms with Crippen molar-refractivity contribution < 1.29 is 13.9 Å². The highest BCUT2D eigenvalue weighted by molar-refractivity contribution is 5.95. The van der Waals surface area contributed by atoms with Gasteiger partial charge in [0.15, 0.2) is 5.76 Å². The number of carbonyl (C=O) groups excluding carboxylic acids is 1. The number of rotatable bonds is 7. The van der Waals surface area contributed by atoms with Gasteiger partial charge in [-0.3, -0.25) is 9.48 Å². The summed E-state index contributed by atoms with van der Waals surface area (Å²) in [6.45, 7) is 2.15. The predicted molar refractivity (Wildman–Crippen MR) is 81.6 cm³/mol. The van der Waals surface area contributed by atoms with E-state index in [9.17, 15) is 4.79 Å². The molecule has 22 heavy (non-hydrogen) atoms. The minimum absolute atomic E-state index is 0.230. The van der Waals surface area contributed by atoms with E-state index in [4.69, 9.17) is 9.15 Å². The Labute approximate surface area is 127 Å². The van der Waals surface area contributed by atoms with Gasteiger partial charge in [0, 0.05) is 24.3 Å². The normalized spacial score (nSPS) is 10.9. The number of aromatic nitrogens is 2. The lowest BCUT2D eigenvalue weighted by molar-refractivity contribution is 0.0882. The molecule has 3 rings (SSSR count). The molecule has 0 saturated carbocycles. The van der Waals surface area contributed by atoms with E-state index in [0.717, 1.165) is 5.39 Å². The Balaban J connectivity index is 1.38. The summed E-state index contributed by atoms with van der Waals surface area (Å²) in [5.74, 6) is 0.0876. The molecule has 0 bridgehead atoms. The Kier molecular flexibility index (Phi) is 4.50. The Morgan fingerprint density at radius 2 is 2.18 bits per heavy atom. The molecule has 2 aromatic heterocycles. The second-order valence-corrected chi connectivity index (χ2v) is 4.79. The smallest absolute Gasteiger partial charge is 0.287 e. The highest BCUT2D eigenvalue weighted by atomic mass is 16.5. The van der Waals surface area contributed by atoms with Crippen molar-refractivity contribution in [2.24, 2.45) is 0 Å². The van der Waals surface area contributed by atoms with Crippen molar-refractivity contribution in [1.82, 2.24) is 15.1 Å². The number of furan rings is 1. The van der Waals surface area contributed by atoms with Crippen LogP contribution in [0.4, 0.5) is 0 Å². The largest absolute Gasteiger partial charge is 0.451 e. The molecule has 2 heterocycles. The second-order valence-electron chi connectivity index (χ2n) is 4.79. The zero-order valence-corrected chi connectivity index (χ0v) is 12.1. The number of ether oxygens (including phenoxy) is 1. The molecule has 0 saturated heterocycles. The first-order valence-electron chi connectivity index (χ1n) is 7.15. The summed E-state index contributed by atoms with van der Waals surface area (Å²) in [4.78, 5) is 12.0. The number of hydrogen-bond acceptors (Lipinski definition) is 4. The molecule has 114 valence electrons. The Morgan fingerprint density at radius 1 is 1.27 bits per heavy atom. The summed E-state index contributed by atoms with van der Waals surface area (Å²) in [5, 5.41) is 7.77. The molecule has 1 N–H and O–H groups in total. The van der Waals surface area contributed by atoms with Gasteiger partial charge in [0.05, 0.1) is 19.8 Å². The lowest BCUT2D eigenvalue weighted by Gasteiger charge is -2.05. The number of fused-ring (bicyclic) bond motifs is 1. The number of amides is 1. The summed E-state index contributed by atoms with van der Waals surface area (Å²) in [6.07, 6.45) is 3.61. The third kappa shape index (κ3) is 3.53. The number of benzene rings is 1. The number of hydrogen-bond donors (Lipinski definition) is 1. The van der Waals surface area contributed by atoms with Gasteiger partial charge in [-0.1, -0.05) is 18.2 Å². The average Bonchev–Trinajstić information content (AvgIpc) is 3.19. The average molecular weight is 299 g/mol. The Bertz CT molecular complexity index is 701. The SMILES string of the molecule is O=C(NCCOCCn1cccn1)c1cc2ccccc2o1. The van der Waals surface area contributed by atoms with E-state index < -0.39 is 0 Å². The number of para-hydroxylation sites is 1. The van der Waals surface area contributed by atoms with Gasteiger partial charge < -0.3 is 14.5 Å². The maximum Gasteiger partial charge on any atom is 0.287 e. The van der Waals surface area contributed by atoms with E-state index in [0.29, 0.717) is 37.6 Å². The maximum absolute atomic E-state index is 12.0. The van der Waals surface area contributed by atoms with Gasteiger partial charge in [-0.2, -0.15) is 5.10 Å². The van der Waals surface area contributed by atoms with Gasteiger partial charge in [0.1, 0.15) is 5.58 Å². The zero-order chi connectivity index (χ0) is 15.2. The van der Waals surface area contributed by atoms with Gasteiger partial charge in [0.25, 0.3) is 5.91 Å². The van der Waals surface area contributed by atoms with Crippen molar-refractivity contribution in [3.05, 3.63) is 54.6 Å². The van der Waals surface area contributed by atoms with Crippen LogP contribution in [0, 0.1) is 0 Å². The molecule has 0 aliphatic carbocycles. The molecule has 0 atom stereocenters. The summed E-state index contributed by atoms with van der Waals surface area (Å²) in [7, 11) is 0. The van der Waals surface area contributed by atoms with Crippen molar-refractivity contribution in [3.8, 4) is 0 Å². The molecular weight excluding hydrogens is 282 g/mol. The fraction of sp³-hybridized carbons (Fsp3) is 0.250. The first-order chi connectivity index (χ1) is 10.8. The maximum atomic E-state index is 12.0. The first-order valence-corrected chi connectivity index (χ1v) is 7.15. The third-order valence-corrected chi connectivity index (χ3v) is 3.21. The molecule has 0 aliphatic heterocycles. The predicted octanol–water partition coefficient (Wildman–Crippen LogP) is 2.08. The quantitative estimate of drug-likeness (QED) is 0.678. The molecule has 0 unspecified atom stereocenters. The Hall–Kier alpha value is -2.60. The minimum Gasteiger partial charge on any atom is -0.451 e. The van der Waals surface area contributed by atoms with E-state index in [2.05, 4.69) is 10.4 Å². The second kappa shape index (κ2) is 6.91. The molecule has 1 amide bonds. The highest BCUT2D eigenvalue weighted by Crippen LogP contribution is 2.18. The van der Waals surface area contributed by atoms with Crippen LogP contribution in [0.15, 0.2) is 53.2 Å². The number of carbonyl (C=O) groups is 1. The van der Waals surface area contributed by atoms with Crippen molar-refractivity contribution in [2.75, 3.05) is 19.8 Å². The van der Waals surface area contributed by atoms with Crippen LogP contribution in [-0.4, -0.2) is 35.4 Å². The van der Waals surface area contributed by atoms with E-state index in [1.54, 1.807) is 16.9 Å². The van der Waals surface area contributed by atoms with E-state index in [-0.39, 0.29) is 5.91 Å². The molecule has 3 aromatic rings. The van der Waals surface area contributed by atoms with Gasteiger partial charge in [-0.15, -0.1) is 0 Å². The monoisotopic (exact) mass is 299 g/mol. The van der Waals surface area contributed by atoms with Gasteiger partial charge in [-0.05, 0) is 18.2 Å². The van der Waals surface area contributed by atoms with E-state index >= 15 is 0 Å². The van der Waals surface area contributed by atoms with E-state index in [1.807, 2.05) is 36.5 Å². The summed E-state index contributed by atoms with van der Waals surface area (Å²) >= 11 is 0. The van der Waals surface area contributed by atoms with Crippen LogP contribution in [-0.2, 0) is 11.3 Å². The molecule has 0 aliphatic rings. The van der Waals surface area contributed by atoms with Crippen LogP contribution in [0.2, 0.25) is 0 Å². The van der Waals surface area contributed by atoms with E-state index in [1.165, 1.54) is 0 Å². The lowest BCUT2D eigenvalue weighted by atomic mass is 10.2. The first kappa shape index (κ1) is 14.3. The van der Waals surface area contributed by atoms with Crippen LogP contribution in [0.25, 0.3) is 11.0 Å². The summed E-state index contributed by atoms with van der Waals surface area (Å²) in [6, 6.07) is 11.1. The summed E-state index contributed by atoms with van der Waals surface area (Å²) in [5.41, 5.74) is 0.711. The topological polar surface area (TPSA) is 69.3 Å². The van der Waals surface area contributed by atoms with Crippen molar-refractivity contribution in [1.29, 1.82) is 0 Å². The van der Waals surface area contributed by atoms with Gasteiger partial charge in [0.2, 0.25) is 0 Å². The number of nitrogens with one attached hydrogen (secondary N) is 1. The van der Waals surface area contributed by atoms with Crippen LogP contribution < -0.4 is 5.32 Å². The van der Waals surface area contributed by atoms with Crippen molar-refractivity contribution in [3.63, 3.8) is 0 Å². The van der Waals surface area contributed by atoms with Gasteiger partial charge >= 0.3 is 0 Å². The molecule has 0 radical (unpaired) electrons. The molecule has 6 nitrogen and oxygen atoms in total. The van der Waals surface area contributed by atoms with Crippen LogP contribution in [0.3, 0.4) is 0 Å². The fourth-order valence-electron chi connectivity index (χ4n) is 2.11. The van der Waals surface area contributed by atoms with Crippen molar-refractivity contribution in [2.45, 2.75) is 6.54 Å². The van der Waals surface area contributed by atoms with Crippen LogP contribution >= 0.6 is 0 Å². The molecular formula is C16H17N3O3. The molecule has 0 spiro atoms. The van der Waals surface area contributed by atoms with Crippen LogP contribution in [0.5, 0.6) is 0 Å². The highest BCUT2D eigenvalue weighted by Gasteiger charge is 2.10. The lowest BCUT2D eigenvalue weighted by Crippen LogP contribution is -2.27. The molecule has 0 fully saturated rings.